The molecule has 0 spiro atoms. The van der Waals surface area contributed by atoms with Gasteiger partial charge in [0.1, 0.15) is 11.4 Å². The Hall–Kier alpha value is -2.23. The van der Waals surface area contributed by atoms with Crippen molar-refractivity contribution in [2.75, 3.05) is 11.4 Å². The third-order valence-corrected chi connectivity index (χ3v) is 3.39. The molecule has 1 aliphatic heterocycles. The average molecular weight is 285 g/mol. The molecular weight excluding hydrogens is 266 g/mol. The molecule has 0 saturated heterocycles. The predicted octanol–water partition coefficient (Wildman–Crippen LogP) is 4.24. The van der Waals surface area contributed by atoms with Crippen LogP contribution >= 0.6 is 0 Å². The SMILES string of the molecule is CC(C)(C)OC(=O)N1CCc2cccc(-c3ccco3)c21. The summed E-state index contributed by atoms with van der Waals surface area (Å²) in [6.07, 6.45) is 2.17. The number of nitrogens with zero attached hydrogens (tertiary/aromatic N) is 1. The molecular formula is C17H19NO3. The van der Waals surface area contributed by atoms with E-state index in [9.17, 15) is 4.79 Å². The van der Waals surface area contributed by atoms with Crippen LogP contribution in [-0.4, -0.2) is 18.2 Å². The number of hydrogen-bond acceptors (Lipinski definition) is 3. The molecule has 4 nitrogen and oxygen atoms in total. The lowest BCUT2D eigenvalue weighted by atomic mass is 10.1. The first-order chi connectivity index (χ1) is 9.96. The van der Waals surface area contributed by atoms with E-state index in [1.54, 1.807) is 11.2 Å². The number of para-hydroxylation sites is 1. The summed E-state index contributed by atoms with van der Waals surface area (Å²) in [5, 5.41) is 0. The summed E-state index contributed by atoms with van der Waals surface area (Å²) in [4.78, 5) is 14.1. The van der Waals surface area contributed by atoms with Crippen LogP contribution in [0.2, 0.25) is 0 Å². The molecule has 110 valence electrons. The molecule has 2 heterocycles. The van der Waals surface area contributed by atoms with Crippen molar-refractivity contribution in [1.82, 2.24) is 0 Å². The van der Waals surface area contributed by atoms with Crippen LogP contribution in [0.15, 0.2) is 41.0 Å². The summed E-state index contributed by atoms with van der Waals surface area (Å²) in [5.74, 6) is 0.766. The van der Waals surface area contributed by atoms with E-state index in [-0.39, 0.29) is 6.09 Å². The van der Waals surface area contributed by atoms with Crippen LogP contribution in [0.5, 0.6) is 0 Å². The zero-order valence-corrected chi connectivity index (χ0v) is 12.6. The molecule has 0 saturated carbocycles. The fourth-order valence-electron chi connectivity index (χ4n) is 2.59. The summed E-state index contributed by atoms with van der Waals surface area (Å²) in [7, 11) is 0. The number of ether oxygens (including phenoxy) is 1. The summed E-state index contributed by atoms with van der Waals surface area (Å²) < 4.78 is 11.0. The monoisotopic (exact) mass is 285 g/mol. The van der Waals surface area contributed by atoms with E-state index in [2.05, 4.69) is 0 Å². The lowest BCUT2D eigenvalue weighted by molar-refractivity contribution is 0.0584. The van der Waals surface area contributed by atoms with Gasteiger partial charge in [0, 0.05) is 12.1 Å². The average Bonchev–Trinajstić information content (AvgIpc) is 3.05. The zero-order chi connectivity index (χ0) is 15.0. The number of fused-ring (bicyclic) bond motifs is 1. The molecule has 0 aliphatic carbocycles. The maximum absolute atomic E-state index is 12.4. The van der Waals surface area contributed by atoms with Gasteiger partial charge >= 0.3 is 6.09 Å². The zero-order valence-electron chi connectivity index (χ0n) is 12.6. The number of carbonyl (C=O) groups is 1. The number of carbonyl (C=O) groups excluding carboxylic acids is 1. The molecule has 0 radical (unpaired) electrons. The highest BCUT2D eigenvalue weighted by Gasteiger charge is 2.31. The summed E-state index contributed by atoms with van der Waals surface area (Å²) in [5.41, 5.74) is 2.48. The molecule has 3 rings (SSSR count). The van der Waals surface area contributed by atoms with E-state index < -0.39 is 5.60 Å². The molecule has 0 N–H and O–H groups in total. The first kappa shape index (κ1) is 13.7. The van der Waals surface area contributed by atoms with Crippen LogP contribution in [0.3, 0.4) is 0 Å². The highest BCUT2D eigenvalue weighted by Crippen LogP contribution is 2.38. The lowest BCUT2D eigenvalue weighted by Gasteiger charge is -2.25. The van der Waals surface area contributed by atoms with Crippen LogP contribution in [0.25, 0.3) is 11.3 Å². The van der Waals surface area contributed by atoms with Crippen molar-refractivity contribution in [2.24, 2.45) is 0 Å². The van der Waals surface area contributed by atoms with E-state index in [0.717, 1.165) is 29.0 Å². The van der Waals surface area contributed by atoms with Crippen molar-refractivity contribution in [2.45, 2.75) is 32.8 Å². The van der Waals surface area contributed by atoms with Crippen molar-refractivity contribution in [1.29, 1.82) is 0 Å². The van der Waals surface area contributed by atoms with Crippen LogP contribution in [0.1, 0.15) is 26.3 Å². The molecule has 1 aromatic carbocycles. The largest absolute Gasteiger partial charge is 0.464 e. The number of anilines is 1. The minimum absolute atomic E-state index is 0.305. The van der Waals surface area contributed by atoms with Gasteiger partial charge in [-0.15, -0.1) is 0 Å². The number of furan rings is 1. The first-order valence-corrected chi connectivity index (χ1v) is 7.12. The van der Waals surface area contributed by atoms with Crippen molar-refractivity contribution >= 4 is 11.8 Å². The van der Waals surface area contributed by atoms with Crippen molar-refractivity contribution in [3.63, 3.8) is 0 Å². The fourth-order valence-corrected chi connectivity index (χ4v) is 2.59. The van der Waals surface area contributed by atoms with Crippen LogP contribution < -0.4 is 4.90 Å². The van der Waals surface area contributed by atoms with Gasteiger partial charge in [0.15, 0.2) is 0 Å². The first-order valence-electron chi connectivity index (χ1n) is 7.12. The van der Waals surface area contributed by atoms with Crippen LogP contribution in [0.4, 0.5) is 10.5 Å². The molecule has 0 fully saturated rings. The van der Waals surface area contributed by atoms with Gasteiger partial charge in [-0.3, -0.25) is 4.90 Å². The van der Waals surface area contributed by atoms with Gasteiger partial charge in [0.2, 0.25) is 0 Å². The van der Waals surface area contributed by atoms with E-state index in [1.807, 2.05) is 51.1 Å². The van der Waals surface area contributed by atoms with Gasteiger partial charge in [-0.25, -0.2) is 4.79 Å². The van der Waals surface area contributed by atoms with Gasteiger partial charge in [0.05, 0.1) is 12.0 Å². The Morgan fingerprint density at radius 1 is 1.24 bits per heavy atom. The van der Waals surface area contributed by atoms with Gasteiger partial charge in [0.25, 0.3) is 0 Å². The third-order valence-electron chi connectivity index (χ3n) is 3.39. The molecule has 0 atom stereocenters. The maximum atomic E-state index is 12.4. The van der Waals surface area contributed by atoms with E-state index >= 15 is 0 Å². The summed E-state index contributed by atoms with van der Waals surface area (Å²) in [6.45, 7) is 6.27. The summed E-state index contributed by atoms with van der Waals surface area (Å²) in [6, 6.07) is 9.77. The summed E-state index contributed by atoms with van der Waals surface area (Å²) >= 11 is 0. The minimum Gasteiger partial charge on any atom is -0.464 e. The Bertz CT molecular complexity index is 653. The molecule has 2 aromatic rings. The number of rotatable bonds is 1. The van der Waals surface area contributed by atoms with E-state index in [4.69, 9.17) is 9.15 Å². The third kappa shape index (κ3) is 2.66. The fraction of sp³-hybridized carbons (Fsp3) is 0.353. The molecule has 0 bridgehead atoms. The second-order valence-electron chi connectivity index (χ2n) is 6.17. The predicted molar refractivity (Wildman–Crippen MR) is 81.4 cm³/mol. The number of hydrogen-bond donors (Lipinski definition) is 0. The van der Waals surface area contributed by atoms with Crippen molar-refractivity contribution in [3.8, 4) is 11.3 Å². The Morgan fingerprint density at radius 3 is 2.71 bits per heavy atom. The van der Waals surface area contributed by atoms with Crippen LogP contribution in [0, 0.1) is 0 Å². The Morgan fingerprint density at radius 2 is 2.05 bits per heavy atom. The van der Waals surface area contributed by atoms with Gasteiger partial charge < -0.3 is 9.15 Å². The Kier molecular flexibility index (Phi) is 3.24. The molecule has 21 heavy (non-hydrogen) atoms. The molecule has 1 amide bonds. The maximum Gasteiger partial charge on any atom is 0.414 e. The number of amides is 1. The topological polar surface area (TPSA) is 42.7 Å². The van der Waals surface area contributed by atoms with E-state index in [1.165, 1.54) is 0 Å². The van der Waals surface area contributed by atoms with Crippen molar-refractivity contribution < 1.29 is 13.9 Å². The quantitative estimate of drug-likeness (QED) is 0.787. The Labute approximate surface area is 124 Å². The smallest absolute Gasteiger partial charge is 0.414 e. The normalized spacial score (nSPS) is 14.1. The lowest BCUT2D eigenvalue weighted by Crippen LogP contribution is -2.35. The van der Waals surface area contributed by atoms with Crippen LogP contribution in [-0.2, 0) is 11.2 Å². The second-order valence-corrected chi connectivity index (χ2v) is 6.17. The molecule has 1 aromatic heterocycles. The second kappa shape index (κ2) is 4.95. The number of benzene rings is 1. The minimum atomic E-state index is -0.501. The molecule has 1 aliphatic rings. The van der Waals surface area contributed by atoms with Gasteiger partial charge in [-0.2, -0.15) is 0 Å². The highest BCUT2D eigenvalue weighted by atomic mass is 16.6. The molecule has 0 unspecified atom stereocenters. The standard InChI is InChI=1S/C17H19NO3/c1-17(2,3)21-16(19)18-10-9-12-6-4-7-13(15(12)18)14-8-5-11-20-14/h4-8,11H,9-10H2,1-3H3. The van der Waals surface area contributed by atoms with Crippen molar-refractivity contribution in [3.05, 3.63) is 42.2 Å². The Balaban J connectivity index is 1.99. The van der Waals surface area contributed by atoms with E-state index in [0.29, 0.717) is 6.54 Å². The van der Waals surface area contributed by atoms with Gasteiger partial charge in [-0.1, -0.05) is 12.1 Å². The molecule has 4 heteroatoms. The highest BCUT2D eigenvalue weighted by molar-refractivity contribution is 5.96. The van der Waals surface area contributed by atoms with Gasteiger partial charge in [-0.05, 0) is 51.0 Å².